The average molecular weight is 309 g/mol. The molecule has 1 amide bonds. The van der Waals surface area contributed by atoms with Gasteiger partial charge in [0.05, 0.1) is 18.9 Å². The number of hydrogen-bond acceptors (Lipinski definition) is 6. The normalized spacial score (nSPS) is 14.8. The fourth-order valence-corrected chi connectivity index (χ4v) is 3.04. The number of esters is 1. The second kappa shape index (κ2) is 8.71. The molecule has 0 aliphatic rings. The molecule has 0 saturated carbocycles. The molecule has 0 aromatic heterocycles. The minimum atomic E-state index is -3.64. The molecule has 0 aliphatic heterocycles. The smallest absolute Gasteiger partial charge is 0.335 e. The highest BCUT2D eigenvalue weighted by Crippen LogP contribution is 2.43. The van der Waals surface area contributed by atoms with Gasteiger partial charge in [-0.15, -0.1) is 0 Å². The van der Waals surface area contributed by atoms with E-state index in [1.54, 1.807) is 6.92 Å². The van der Waals surface area contributed by atoms with Crippen molar-refractivity contribution < 1.29 is 33.4 Å². The molecule has 0 heterocycles. The first kappa shape index (κ1) is 18.6. The summed E-state index contributed by atoms with van der Waals surface area (Å²) in [4.78, 5) is 47.1. The molecule has 0 aromatic carbocycles. The van der Waals surface area contributed by atoms with Crippen LogP contribution in [-0.4, -0.2) is 41.7 Å². The van der Waals surface area contributed by atoms with E-state index in [0.717, 1.165) is 6.92 Å². The van der Waals surface area contributed by atoms with Crippen LogP contribution in [0.3, 0.4) is 0 Å². The van der Waals surface area contributed by atoms with Gasteiger partial charge in [0.1, 0.15) is 0 Å². The van der Waals surface area contributed by atoms with Crippen LogP contribution in [0.4, 0.5) is 0 Å². The summed E-state index contributed by atoms with van der Waals surface area (Å²) in [5, 5.41) is 0. The van der Waals surface area contributed by atoms with Crippen LogP contribution in [0.5, 0.6) is 0 Å². The van der Waals surface area contributed by atoms with Crippen molar-refractivity contribution in [3.63, 3.8) is 0 Å². The lowest BCUT2D eigenvalue weighted by molar-refractivity contribution is -0.160. The van der Waals surface area contributed by atoms with Crippen molar-refractivity contribution in [2.45, 2.75) is 27.2 Å². The van der Waals surface area contributed by atoms with Gasteiger partial charge < -0.3 is 14.5 Å². The number of hydrogen-bond donors (Lipinski definition) is 2. The van der Waals surface area contributed by atoms with Gasteiger partial charge in [0.25, 0.3) is 0 Å². The third-order valence-corrected chi connectivity index (χ3v) is 4.27. The molecule has 116 valence electrons. The molecule has 9 heteroatoms. The number of carbonyl (C=O) groups is 3. The highest BCUT2D eigenvalue weighted by atomic mass is 31.2. The van der Waals surface area contributed by atoms with E-state index in [0.29, 0.717) is 0 Å². The van der Waals surface area contributed by atoms with Crippen molar-refractivity contribution in [3.8, 4) is 0 Å². The SMILES string of the molecule is CCOC(=O)CCP(=O)(O)CC(C)C(=O)ONC(C)=O. The molecular weight excluding hydrogens is 289 g/mol. The average Bonchev–Trinajstić information content (AvgIpc) is 2.33. The number of rotatable bonds is 7. The van der Waals surface area contributed by atoms with Crippen LogP contribution >= 0.6 is 7.37 Å². The third-order valence-electron chi connectivity index (χ3n) is 2.23. The maximum absolute atomic E-state index is 11.8. The first-order chi connectivity index (χ1) is 9.18. The van der Waals surface area contributed by atoms with E-state index in [4.69, 9.17) is 0 Å². The van der Waals surface area contributed by atoms with Crippen molar-refractivity contribution in [2.75, 3.05) is 18.9 Å². The Labute approximate surface area is 117 Å². The van der Waals surface area contributed by atoms with Crippen LogP contribution in [0.25, 0.3) is 0 Å². The summed E-state index contributed by atoms with van der Waals surface area (Å²) < 4.78 is 16.5. The molecule has 0 radical (unpaired) electrons. The number of nitrogens with one attached hydrogen (secondary N) is 1. The van der Waals surface area contributed by atoms with E-state index in [2.05, 4.69) is 9.57 Å². The van der Waals surface area contributed by atoms with E-state index >= 15 is 0 Å². The van der Waals surface area contributed by atoms with Gasteiger partial charge in [0, 0.05) is 19.2 Å². The number of ether oxygens (including phenoxy) is 1. The molecule has 0 rings (SSSR count). The van der Waals surface area contributed by atoms with E-state index in [1.165, 1.54) is 6.92 Å². The van der Waals surface area contributed by atoms with Crippen LogP contribution in [0.2, 0.25) is 0 Å². The molecule has 2 N–H and O–H groups in total. The predicted octanol–water partition coefficient (Wildman–Crippen LogP) is 0.440. The maximum atomic E-state index is 11.8. The van der Waals surface area contributed by atoms with Gasteiger partial charge in [-0.3, -0.25) is 14.2 Å². The summed E-state index contributed by atoms with van der Waals surface area (Å²) in [6.45, 7) is 4.40. The number of carbonyl (C=O) groups excluding carboxylic acids is 3. The minimum absolute atomic E-state index is 0.185. The molecule has 0 aliphatic carbocycles. The first-order valence-electron chi connectivity index (χ1n) is 6.11. The molecule has 0 bridgehead atoms. The Hall–Kier alpha value is -1.40. The zero-order valence-electron chi connectivity index (χ0n) is 11.7. The molecular formula is C11H20NO7P. The summed E-state index contributed by atoms with van der Waals surface area (Å²) in [6, 6.07) is 0. The van der Waals surface area contributed by atoms with Gasteiger partial charge in [-0.2, -0.15) is 5.48 Å². The number of hydroxylamine groups is 1. The second-order valence-electron chi connectivity index (χ2n) is 4.29. The Balaban J connectivity index is 4.23. The Kier molecular flexibility index (Phi) is 8.10. The van der Waals surface area contributed by atoms with Gasteiger partial charge in [0.15, 0.2) is 0 Å². The van der Waals surface area contributed by atoms with Crippen molar-refractivity contribution in [1.82, 2.24) is 5.48 Å². The Morgan fingerprint density at radius 1 is 1.35 bits per heavy atom. The number of amides is 1. The maximum Gasteiger partial charge on any atom is 0.335 e. The molecule has 0 spiro atoms. The van der Waals surface area contributed by atoms with E-state index in [-0.39, 0.29) is 25.4 Å². The van der Waals surface area contributed by atoms with Crippen molar-refractivity contribution in [3.05, 3.63) is 0 Å². The molecule has 20 heavy (non-hydrogen) atoms. The fraction of sp³-hybridized carbons (Fsp3) is 0.727. The van der Waals surface area contributed by atoms with E-state index in [1.807, 2.05) is 5.48 Å². The zero-order chi connectivity index (χ0) is 15.8. The Morgan fingerprint density at radius 3 is 2.45 bits per heavy atom. The summed E-state index contributed by atoms with van der Waals surface area (Å²) in [5.74, 6) is -2.80. The van der Waals surface area contributed by atoms with Gasteiger partial charge in [-0.1, -0.05) is 6.92 Å². The standard InChI is InChI=1S/C11H20NO7P/c1-4-18-10(14)5-6-20(16,17)7-8(2)11(15)19-12-9(3)13/h8H,4-7H2,1-3H3,(H,12,13)(H,16,17). The van der Waals surface area contributed by atoms with Crippen LogP contribution in [0.15, 0.2) is 0 Å². The Bertz CT molecular complexity index is 410. The van der Waals surface area contributed by atoms with Gasteiger partial charge in [0.2, 0.25) is 13.3 Å². The quantitative estimate of drug-likeness (QED) is 0.398. The Morgan fingerprint density at radius 2 is 1.95 bits per heavy atom. The first-order valence-corrected chi connectivity index (χ1v) is 8.14. The predicted molar refractivity (Wildman–Crippen MR) is 69.9 cm³/mol. The molecule has 0 aromatic rings. The summed E-state index contributed by atoms with van der Waals surface area (Å²) in [5.41, 5.74) is 1.85. The van der Waals surface area contributed by atoms with Crippen molar-refractivity contribution in [1.29, 1.82) is 0 Å². The van der Waals surface area contributed by atoms with Gasteiger partial charge >= 0.3 is 11.9 Å². The van der Waals surface area contributed by atoms with Crippen LogP contribution < -0.4 is 5.48 Å². The second-order valence-corrected chi connectivity index (χ2v) is 6.79. The lowest BCUT2D eigenvalue weighted by atomic mass is 10.2. The zero-order valence-corrected chi connectivity index (χ0v) is 12.6. The summed E-state index contributed by atoms with van der Waals surface area (Å²) in [6.07, 6.45) is -0.774. The van der Waals surface area contributed by atoms with Gasteiger partial charge in [-0.25, -0.2) is 4.79 Å². The molecule has 2 atom stereocenters. The largest absolute Gasteiger partial charge is 0.466 e. The van der Waals surface area contributed by atoms with Crippen molar-refractivity contribution in [2.24, 2.45) is 5.92 Å². The van der Waals surface area contributed by atoms with Crippen LogP contribution in [-0.2, 0) is 28.5 Å². The van der Waals surface area contributed by atoms with E-state index in [9.17, 15) is 23.8 Å². The molecule has 8 nitrogen and oxygen atoms in total. The third kappa shape index (κ3) is 8.66. The lowest BCUT2D eigenvalue weighted by Crippen LogP contribution is -2.29. The van der Waals surface area contributed by atoms with Crippen LogP contribution in [0, 0.1) is 5.92 Å². The van der Waals surface area contributed by atoms with Crippen molar-refractivity contribution >= 4 is 25.2 Å². The van der Waals surface area contributed by atoms with Crippen LogP contribution in [0.1, 0.15) is 27.2 Å². The fourth-order valence-electron chi connectivity index (χ4n) is 1.32. The summed E-state index contributed by atoms with van der Waals surface area (Å²) >= 11 is 0. The van der Waals surface area contributed by atoms with Gasteiger partial charge in [-0.05, 0) is 6.92 Å². The lowest BCUT2D eigenvalue weighted by Gasteiger charge is -2.15. The summed E-state index contributed by atoms with van der Waals surface area (Å²) in [7, 11) is -3.64. The monoisotopic (exact) mass is 309 g/mol. The minimum Gasteiger partial charge on any atom is -0.466 e. The highest BCUT2D eigenvalue weighted by molar-refractivity contribution is 7.58. The van der Waals surface area contributed by atoms with E-state index < -0.39 is 31.1 Å². The topological polar surface area (TPSA) is 119 Å². The highest BCUT2D eigenvalue weighted by Gasteiger charge is 2.28. The molecule has 0 fully saturated rings. The molecule has 0 saturated heterocycles. The molecule has 2 unspecified atom stereocenters.